The van der Waals surface area contributed by atoms with Crippen molar-refractivity contribution < 1.29 is 23.1 Å². The second kappa shape index (κ2) is 8.37. The zero-order chi connectivity index (χ0) is 15.1. The molecule has 2 N–H and O–H groups in total. The number of carboxylic acids is 1. The summed E-state index contributed by atoms with van der Waals surface area (Å²) < 4.78 is 36.9. The average Bonchev–Trinajstić information content (AvgIpc) is 2.24. The molecule has 7 heteroatoms. The predicted octanol–water partition coefficient (Wildman–Crippen LogP) is 1.96. The van der Waals surface area contributed by atoms with Gasteiger partial charge in [-0.3, -0.25) is 4.79 Å². The number of rotatable bonds is 9. The van der Waals surface area contributed by atoms with Crippen molar-refractivity contribution in [1.29, 1.82) is 0 Å². The van der Waals surface area contributed by atoms with Crippen molar-refractivity contribution in [3.63, 3.8) is 0 Å². The van der Waals surface area contributed by atoms with Crippen LogP contribution >= 0.6 is 0 Å². The van der Waals surface area contributed by atoms with E-state index in [-0.39, 0.29) is 0 Å². The molecule has 1 atom stereocenters. The summed E-state index contributed by atoms with van der Waals surface area (Å²) >= 11 is 0. The van der Waals surface area contributed by atoms with Crippen LogP contribution in [0.4, 0.5) is 13.2 Å². The first kappa shape index (κ1) is 18.2. The van der Waals surface area contributed by atoms with Crippen molar-refractivity contribution in [2.45, 2.75) is 38.9 Å². The summed E-state index contributed by atoms with van der Waals surface area (Å²) in [4.78, 5) is 12.6. The van der Waals surface area contributed by atoms with E-state index in [1.807, 2.05) is 7.05 Å². The van der Waals surface area contributed by atoms with Gasteiger partial charge in [0.25, 0.3) is 0 Å². The van der Waals surface area contributed by atoms with Crippen LogP contribution < -0.4 is 5.32 Å². The molecule has 0 amide bonds. The molecule has 0 saturated carbocycles. The van der Waals surface area contributed by atoms with E-state index in [4.69, 9.17) is 5.11 Å². The summed E-state index contributed by atoms with van der Waals surface area (Å²) in [6.45, 7) is 4.84. The number of hydrogen-bond acceptors (Lipinski definition) is 3. The number of unbranched alkanes of at least 4 members (excludes halogenated alkanes) is 1. The molecule has 0 spiro atoms. The van der Waals surface area contributed by atoms with Gasteiger partial charge in [-0.15, -0.1) is 0 Å². The molecule has 0 aliphatic rings. The third-order valence-corrected chi connectivity index (χ3v) is 3.04. The molecule has 1 unspecified atom stereocenters. The molecule has 0 aliphatic carbocycles. The molecule has 114 valence electrons. The molecular weight excluding hydrogens is 261 g/mol. The smallest absolute Gasteiger partial charge is 0.403 e. The van der Waals surface area contributed by atoms with Gasteiger partial charge in [-0.2, -0.15) is 13.2 Å². The molecule has 0 saturated heterocycles. The van der Waals surface area contributed by atoms with Gasteiger partial charge in [-0.25, -0.2) is 0 Å². The summed E-state index contributed by atoms with van der Waals surface area (Å²) in [6, 6.07) is 0.439. The first-order valence-corrected chi connectivity index (χ1v) is 6.36. The molecule has 0 aromatic carbocycles. The van der Waals surface area contributed by atoms with Crippen LogP contribution in [0.5, 0.6) is 0 Å². The van der Waals surface area contributed by atoms with Crippen LogP contribution in [-0.4, -0.2) is 54.9 Å². The topological polar surface area (TPSA) is 52.6 Å². The lowest BCUT2D eigenvalue weighted by atomic mass is 10.1. The zero-order valence-corrected chi connectivity index (χ0v) is 11.6. The fourth-order valence-corrected chi connectivity index (χ4v) is 1.46. The van der Waals surface area contributed by atoms with Crippen molar-refractivity contribution in [2.24, 2.45) is 5.92 Å². The van der Waals surface area contributed by atoms with E-state index in [2.05, 4.69) is 24.1 Å². The normalized spacial score (nSPS) is 14.1. The zero-order valence-electron chi connectivity index (χ0n) is 11.6. The molecular formula is C12H23F3N2O2. The Morgan fingerprint density at radius 2 is 1.89 bits per heavy atom. The van der Waals surface area contributed by atoms with Crippen LogP contribution in [0.3, 0.4) is 0 Å². The number of aliphatic carboxylic acids is 1. The van der Waals surface area contributed by atoms with Gasteiger partial charge in [0.1, 0.15) is 0 Å². The number of carboxylic acid groups (broad SMARTS) is 1. The maximum absolute atomic E-state index is 12.3. The highest BCUT2D eigenvalue weighted by Crippen LogP contribution is 2.25. The summed E-state index contributed by atoms with van der Waals surface area (Å²) in [5.74, 6) is -4.16. The van der Waals surface area contributed by atoms with Gasteiger partial charge in [0.15, 0.2) is 5.92 Å². The summed E-state index contributed by atoms with van der Waals surface area (Å²) in [5, 5.41) is 11.0. The molecule has 0 radical (unpaired) electrons. The van der Waals surface area contributed by atoms with Crippen molar-refractivity contribution in [2.75, 3.05) is 26.7 Å². The summed E-state index contributed by atoms with van der Waals surface area (Å²) in [5.41, 5.74) is 0. The van der Waals surface area contributed by atoms with Gasteiger partial charge < -0.3 is 15.3 Å². The van der Waals surface area contributed by atoms with Crippen LogP contribution in [-0.2, 0) is 4.79 Å². The van der Waals surface area contributed by atoms with E-state index in [1.54, 1.807) is 0 Å². The van der Waals surface area contributed by atoms with Gasteiger partial charge in [-0.05, 0) is 46.8 Å². The second-order valence-corrected chi connectivity index (χ2v) is 4.92. The lowest BCUT2D eigenvalue weighted by Crippen LogP contribution is -2.39. The third kappa shape index (κ3) is 8.05. The highest BCUT2D eigenvalue weighted by atomic mass is 19.4. The van der Waals surface area contributed by atoms with Crippen LogP contribution in [0, 0.1) is 5.92 Å². The fourth-order valence-electron chi connectivity index (χ4n) is 1.46. The minimum absolute atomic E-state index is 0.395. The number of carbonyl (C=O) groups is 1. The van der Waals surface area contributed by atoms with Crippen molar-refractivity contribution in [3.05, 3.63) is 0 Å². The Bertz CT molecular complexity index is 270. The molecule has 4 nitrogen and oxygen atoms in total. The van der Waals surface area contributed by atoms with Crippen molar-refractivity contribution in [1.82, 2.24) is 10.2 Å². The van der Waals surface area contributed by atoms with Gasteiger partial charge in [0, 0.05) is 12.6 Å². The predicted molar refractivity (Wildman–Crippen MR) is 67.1 cm³/mol. The number of hydrogen-bond donors (Lipinski definition) is 2. The Balaban J connectivity index is 3.76. The quantitative estimate of drug-likeness (QED) is 0.636. The summed E-state index contributed by atoms with van der Waals surface area (Å²) in [7, 11) is 1.99. The van der Waals surface area contributed by atoms with E-state index >= 15 is 0 Å². The fraction of sp³-hybridized carbons (Fsp3) is 0.917. The van der Waals surface area contributed by atoms with E-state index in [9.17, 15) is 18.0 Å². The number of halogens is 3. The number of alkyl halides is 3. The van der Waals surface area contributed by atoms with Crippen LogP contribution in [0.1, 0.15) is 26.7 Å². The molecule has 0 fully saturated rings. The molecule has 19 heavy (non-hydrogen) atoms. The van der Waals surface area contributed by atoms with Crippen LogP contribution in [0.15, 0.2) is 0 Å². The monoisotopic (exact) mass is 284 g/mol. The van der Waals surface area contributed by atoms with Gasteiger partial charge >= 0.3 is 12.1 Å². The highest BCUT2D eigenvalue weighted by molar-refractivity contribution is 5.71. The molecule has 0 rings (SSSR count). The minimum Gasteiger partial charge on any atom is -0.481 e. The molecule has 0 aliphatic heterocycles. The van der Waals surface area contributed by atoms with Gasteiger partial charge in [0.05, 0.1) is 0 Å². The summed E-state index contributed by atoms with van der Waals surface area (Å²) in [6.07, 6.45) is -3.11. The van der Waals surface area contributed by atoms with E-state index in [0.717, 1.165) is 19.4 Å². The SMILES string of the molecule is CC(C)N(C)CCCCNCC(C(=O)O)C(F)(F)F. The Hall–Kier alpha value is -0.820. The average molecular weight is 284 g/mol. The standard InChI is InChI=1S/C12H23F3N2O2/c1-9(2)17(3)7-5-4-6-16-8-10(11(18)19)12(13,14)15/h9-10,16H,4-8H2,1-3H3,(H,18,19). The minimum atomic E-state index is -4.70. The molecule has 0 aromatic heterocycles. The van der Waals surface area contributed by atoms with Crippen molar-refractivity contribution in [3.8, 4) is 0 Å². The Kier molecular flexibility index (Phi) is 8.01. The van der Waals surface area contributed by atoms with Gasteiger partial charge in [0.2, 0.25) is 0 Å². The second-order valence-electron chi connectivity index (χ2n) is 4.92. The maximum Gasteiger partial charge on any atom is 0.403 e. The molecule has 0 heterocycles. The Morgan fingerprint density at radius 1 is 1.32 bits per heavy atom. The van der Waals surface area contributed by atoms with E-state index < -0.39 is 24.6 Å². The number of nitrogens with one attached hydrogen (secondary N) is 1. The van der Waals surface area contributed by atoms with E-state index in [0.29, 0.717) is 12.6 Å². The third-order valence-electron chi connectivity index (χ3n) is 3.04. The Morgan fingerprint density at radius 3 is 2.32 bits per heavy atom. The first-order valence-electron chi connectivity index (χ1n) is 6.36. The van der Waals surface area contributed by atoms with Gasteiger partial charge in [-0.1, -0.05) is 0 Å². The van der Waals surface area contributed by atoms with Crippen molar-refractivity contribution >= 4 is 5.97 Å². The van der Waals surface area contributed by atoms with Crippen LogP contribution in [0.25, 0.3) is 0 Å². The highest BCUT2D eigenvalue weighted by Gasteiger charge is 2.44. The van der Waals surface area contributed by atoms with Crippen LogP contribution in [0.2, 0.25) is 0 Å². The number of nitrogens with zero attached hydrogens (tertiary/aromatic N) is 1. The first-order chi connectivity index (χ1) is 8.66. The molecule has 0 aromatic rings. The molecule has 0 bridgehead atoms. The lowest BCUT2D eigenvalue weighted by molar-refractivity contribution is -0.192. The maximum atomic E-state index is 12.3. The largest absolute Gasteiger partial charge is 0.481 e. The lowest BCUT2D eigenvalue weighted by Gasteiger charge is -2.21. The Labute approximate surface area is 112 Å². The van der Waals surface area contributed by atoms with E-state index in [1.165, 1.54) is 0 Å².